The van der Waals surface area contributed by atoms with Crippen LogP contribution in [0.1, 0.15) is 19.8 Å². The minimum Gasteiger partial charge on any atom is -0.399 e. The number of amides is 1. The van der Waals surface area contributed by atoms with Crippen molar-refractivity contribution in [3.05, 3.63) is 23.2 Å². The van der Waals surface area contributed by atoms with E-state index in [4.69, 9.17) is 22.6 Å². The van der Waals surface area contributed by atoms with E-state index in [-0.39, 0.29) is 11.9 Å². The summed E-state index contributed by atoms with van der Waals surface area (Å²) in [5, 5.41) is 11.8. The average molecular weight is 295 g/mol. The third-order valence-corrected chi connectivity index (χ3v) is 3.41. The van der Waals surface area contributed by atoms with Crippen LogP contribution in [-0.4, -0.2) is 30.4 Å². The molecule has 0 saturated heterocycles. The van der Waals surface area contributed by atoms with E-state index in [0.29, 0.717) is 35.8 Å². The van der Waals surface area contributed by atoms with Crippen molar-refractivity contribution in [1.29, 1.82) is 5.26 Å². The second-order valence-corrected chi connectivity index (χ2v) is 5.14. The first kappa shape index (κ1) is 16.3. The second kappa shape index (κ2) is 7.73. The summed E-state index contributed by atoms with van der Waals surface area (Å²) in [4.78, 5) is 13.8. The number of nitrogens with one attached hydrogen (secondary N) is 1. The molecule has 0 fully saturated rings. The number of nitrogen functional groups attached to an aromatic ring is 1. The molecule has 5 nitrogen and oxygen atoms in total. The standard InChI is InChI=1S/C14H19ClN4O/c1-10(5-7-16)19(2)8-6-14(20)18-13-4-3-11(17)9-12(13)15/h3-4,9-10H,5-6,8,17H2,1-2H3,(H,18,20). The summed E-state index contributed by atoms with van der Waals surface area (Å²) in [6, 6.07) is 7.21. The number of carbonyl (C=O) groups excluding carboxylic acids is 1. The number of halogens is 1. The number of rotatable bonds is 6. The van der Waals surface area contributed by atoms with Gasteiger partial charge in [-0.25, -0.2) is 0 Å². The van der Waals surface area contributed by atoms with Crippen LogP contribution < -0.4 is 11.1 Å². The molecule has 0 aliphatic heterocycles. The lowest BCUT2D eigenvalue weighted by atomic mass is 10.2. The molecule has 0 spiro atoms. The molecule has 0 radical (unpaired) electrons. The Morgan fingerprint density at radius 1 is 1.60 bits per heavy atom. The second-order valence-electron chi connectivity index (χ2n) is 4.73. The normalized spacial score (nSPS) is 11.9. The molecule has 3 N–H and O–H groups in total. The van der Waals surface area contributed by atoms with Gasteiger partial charge in [0, 0.05) is 24.7 Å². The highest BCUT2D eigenvalue weighted by molar-refractivity contribution is 6.34. The quantitative estimate of drug-likeness (QED) is 0.790. The molecule has 1 atom stereocenters. The Hall–Kier alpha value is -1.77. The molecule has 1 aromatic carbocycles. The zero-order valence-corrected chi connectivity index (χ0v) is 12.4. The van der Waals surface area contributed by atoms with E-state index in [1.807, 2.05) is 18.9 Å². The Bertz CT molecular complexity index is 512. The van der Waals surface area contributed by atoms with Crippen LogP contribution >= 0.6 is 11.6 Å². The van der Waals surface area contributed by atoms with Gasteiger partial charge < -0.3 is 16.0 Å². The molecule has 6 heteroatoms. The number of hydrogen-bond donors (Lipinski definition) is 2. The molecule has 1 aromatic rings. The zero-order chi connectivity index (χ0) is 15.1. The molecule has 1 rings (SSSR count). The van der Waals surface area contributed by atoms with Crippen LogP contribution in [0.2, 0.25) is 5.02 Å². The topological polar surface area (TPSA) is 82.2 Å². The summed E-state index contributed by atoms with van der Waals surface area (Å²) in [6.45, 7) is 2.54. The smallest absolute Gasteiger partial charge is 0.225 e. The van der Waals surface area contributed by atoms with Crippen LogP contribution in [0.4, 0.5) is 11.4 Å². The Morgan fingerprint density at radius 3 is 2.90 bits per heavy atom. The van der Waals surface area contributed by atoms with Crippen LogP contribution in [0.25, 0.3) is 0 Å². The van der Waals surface area contributed by atoms with Crippen molar-refractivity contribution in [2.24, 2.45) is 0 Å². The lowest BCUT2D eigenvalue weighted by Gasteiger charge is -2.22. The van der Waals surface area contributed by atoms with Crippen molar-refractivity contribution in [3.8, 4) is 6.07 Å². The number of nitrogens with zero attached hydrogens (tertiary/aromatic N) is 2. The lowest BCUT2D eigenvalue weighted by Crippen LogP contribution is -2.31. The maximum Gasteiger partial charge on any atom is 0.225 e. The maximum atomic E-state index is 11.8. The number of benzene rings is 1. The molecular weight excluding hydrogens is 276 g/mol. The van der Waals surface area contributed by atoms with Gasteiger partial charge in [0.1, 0.15) is 0 Å². The molecule has 0 aliphatic rings. The molecule has 108 valence electrons. The highest BCUT2D eigenvalue weighted by Gasteiger charge is 2.11. The van der Waals surface area contributed by atoms with E-state index >= 15 is 0 Å². The van der Waals surface area contributed by atoms with Crippen LogP contribution in [0.5, 0.6) is 0 Å². The van der Waals surface area contributed by atoms with E-state index in [9.17, 15) is 4.79 Å². The van der Waals surface area contributed by atoms with E-state index in [1.165, 1.54) is 0 Å². The van der Waals surface area contributed by atoms with Gasteiger partial charge >= 0.3 is 0 Å². The van der Waals surface area contributed by atoms with E-state index in [0.717, 1.165) is 0 Å². The molecule has 0 aliphatic carbocycles. The minimum absolute atomic E-state index is 0.118. The fourth-order valence-electron chi connectivity index (χ4n) is 1.63. The van der Waals surface area contributed by atoms with Crippen molar-refractivity contribution in [3.63, 3.8) is 0 Å². The highest BCUT2D eigenvalue weighted by atomic mass is 35.5. The van der Waals surface area contributed by atoms with Gasteiger partial charge in [0.25, 0.3) is 0 Å². The highest BCUT2D eigenvalue weighted by Crippen LogP contribution is 2.24. The summed E-state index contributed by atoms with van der Waals surface area (Å²) in [5.74, 6) is -0.118. The maximum absolute atomic E-state index is 11.8. The Labute approximate surface area is 124 Å². The Balaban J connectivity index is 2.46. The van der Waals surface area contributed by atoms with Gasteiger partial charge in [-0.3, -0.25) is 4.79 Å². The molecule has 0 bridgehead atoms. The molecule has 0 aromatic heterocycles. The van der Waals surface area contributed by atoms with E-state index < -0.39 is 0 Å². The molecule has 0 heterocycles. The molecular formula is C14H19ClN4O. The van der Waals surface area contributed by atoms with Crippen molar-refractivity contribution >= 4 is 28.9 Å². The summed E-state index contributed by atoms with van der Waals surface area (Å²) in [6.07, 6.45) is 0.787. The number of anilines is 2. The largest absolute Gasteiger partial charge is 0.399 e. The van der Waals surface area contributed by atoms with Crippen molar-refractivity contribution in [1.82, 2.24) is 4.90 Å². The van der Waals surface area contributed by atoms with E-state index in [2.05, 4.69) is 11.4 Å². The van der Waals surface area contributed by atoms with E-state index in [1.54, 1.807) is 18.2 Å². The molecule has 20 heavy (non-hydrogen) atoms. The van der Waals surface area contributed by atoms with Crippen molar-refractivity contribution < 1.29 is 4.79 Å². The summed E-state index contributed by atoms with van der Waals surface area (Å²) in [5.41, 5.74) is 6.70. The SMILES string of the molecule is CC(CC#N)N(C)CCC(=O)Nc1ccc(N)cc1Cl. The first-order valence-electron chi connectivity index (χ1n) is 6.36. The predicted molar refractivity (Wildman–Crippen MR) is 81.4 cm³/mol. The fourth-order valence-corrected chi connectivity index (χ4v) is 1.87. The number of nitrogens with two attached hydrogens (primary N) is 1. The van der Waals surface area contributed by atoms with Crippen LogP contribution in [0.3, 0.4) is 0 Å². The molecule has 1 unspecified atom stereocenters. The summed E-state index contributed by atoms with van der Waals surface area (Å²) in [7, 11) is 1.89. The van der Waals surface area contributed by atoms with Gasteiger partial charge in [-0.2, -0.15) is 5.26 Å². The van der Waals surface area contributed by atoms with Gasteiger partial charge in [-0.1, -0.05) is 11.6 Å². The van der Waals surface area contributed by atoms with Gasteiger partial charge in [0.2, 0.25) is 5.91 Å². The fraction of sp³-hybridized carbons (Fsp3) is 0.429. The first-order valence-corrected chi connectivity index (χ1v) is 6.74. The van der Waals surface area contributed by atoms with Crippen LogP contribution in [-0.2, 0) is 4.79 Å². The molecule has 1 amide bonds. The number of hydrogen-bond acceptors (Lipinski definition) is 4. The lowest BCUT2D eigenvalue weighted by molar-refractivity contribution is -0.116. The minimum atomic E-state index is -0.118. The van der Waals surface area contributed by atoms with Gasteiger partial charge in [0.15, 0.2) is 0 Å². The Kier molecular flexibility index (Phi) is 6.29. The Morgan fingerprint density at radius 2 is 2.30 bits per heavy atom. The van der Waals surface area contributed by atoms with Gasteiger partial charge in [-0.05, 0) is 32.2 Å². The average Bonchev–Trinajstić information content (AvgIpc) is 2.39. The van der Waals surface area contributed by atoms with Crippen molar-refractivity contribution in [2.75, 3.05) is 24.6 Å². The van der Waals surface area contributed by atoms with Gasteiger partial charge in [0.05, 0.1) is 23.2 Å². The number of nitriles is 1. The first-order chi connectivity index (χ1) is 9.43. The predicted octanol–water partition coefficient (Wildman–Crippen LogP) is 2.48. The summed E-state index contributed by atoms with van der Waals surface area (Å²) < 4.78 is 0. The summed E-state index contributed by atoms with van der Waals surface area (Å²) >= 11 is 5.99. The van der Waals surface area contributed by atoms with Gasteiger partial charge in [-0.15, -0.1) is 0 Å². The van der Waals surface area contributed by atoms with Crippen LogP contribution in [0, 0.1) is 11.3 Å². The zero-order valence-electron chi connectivity index (χ0n) is 11.7. The third-order valence-electron chi connectivity index (χ3n) is 3.10. The third kappa shape index (κ3) is 5.08. The molecule has 0 saturated carbocycles. The number of carbonyl (C=O) groups is 1. The van der Waals surface area contributed by atoms with Crippen LogP contribution in [0.15, 0.2) is 18.2 Å². The monoisotopic (exact) mass is 294 g/mol. The van der Waals surface area contributed by atoms with Crippen molar-refractivity contribution in [2.45, 2.75) is 25.8 Å².